The minimum Gasteiger partial charge on any atom is -0.399 e. The number of hydrogen-bond donors (Lipinski definition) is 0. The molecule has 0 amide bonds. The van der Waals surface area contributed by atoms with E-state index in [-0.39, 0.29) is 0 Å². The van der Waals surface area contributed by atoms with E-state index in [9.17, 15) is 0 Å². The van der Waals surface area contributed by atoms with Crippen LogP contribution in [0.2, 0.25) is 6.04 Å². The second kappa shape index (κ2) is 16.8. The number of rotatable bonds is 5. The number of hydrogen-bond acceptors (Lipinski definition) is 2. The monoisotopic (exact) mass is 194 g/mol. The Morgan fingerprint density at radius 2 is 1.45 bits per heavy atom. The highest BCUT2D eigenvalue weighted by atomic mass is 28.3. The predicted octanol–water partition coefficient (Wildman–Crippen LogP) is 0.238. The Balaban J connectivity index is 0. The standard InChI is InChI=1S/C4H12O2Si.C3H10Si/c1-3-5-7-6-4-2;1-2-3-4/h3-4,7H2,1-2H3;2-3H2,1,4H3. The van der Waals surface area contributed by atoms with E-state index < -0.39 is 10.0 Å². The third-order valence-corrected chi connectivity index (χ3v) is 3.22. The first-order valence-electron chi connectivity index (χ1n) is 4.48. The molecular weight excluding hydrogens is 172 g/mol. The molecule has 0 saturated carbocycles. The van der Waals surface area contributed by atoms with Gasteiger partial charge in [-0.2, -0.15) is 0 Å². The molecule has 0 aliphatic carbocycles. The van der Waals surface area contributed by atoms with Crippen LogP contribution in [0.5, 0.6) is 0 Å². The van der Waals surface area contributed by atoms with Crippen LogP contribution in [0.3, 0.4) is 0 Å². The van der Waals surface area contributed by atoms with Gasteiger partial charge in [0, 0.05) is 23.5 Å². The molecule has 0 heterocycles. The van der Waals surface area contributed by atoms with Crippen LogP contribution in [0.15, 0.2) is 0 Å². The van der Waals surface area contributed by atoms with Gasteiger partial charge >= 0.3 is 10.0 Å². The topological polar surface area (TPSA) is 18.5 Å². The van der Waals surface area contributed by atoms with Gasteiger partial charge in [-0.05, 0) is 13.8 Å². The van der Waals surface area contributed by atoms with Crippen molar-refractivity contribution in [2.45, 2.75) is 33.2 Å². The van der Waals surface area contributed by atoms with Crippen LogP contribution in [-0.4, -0.2) is 33.5 Å². The first-order chi connectivity index (χ1) is 5.33. The average Bonchev–Trinajstić information content (AvgIpc) is 2.06. The molecule has 0 aromatic carbocycles. The third-order valence-electron chi connectivity index (χ3n) is 1.07. The third kappa shape index (κ3) is 25.2. The van der Waals surface area contributed by atoms with Crippen LogP contribution in [0, 0.1) is 0 Å². The Morgan fingerprint density at radius 1 is 1.09 bits per heavy atom. The fraction of sp³-hybridized carbons (Fsp3) is 1.00. The maximum atomic E-state index is 4.99. The lowest BCUT2D eigenvalue weighted by atomic mass is 10.6. The van der Waals surface area contributed by atoms with Crippen LogP contribution < -0.4 is 0 Å². The molecule has 0 aliphatic heterocycles. The Morgan fingerprint density at radius 3 is 1.64 bits per heavy atom. The summed E-state index contributed by atoms with van der Waals surface area (Å²) in [5, 5.41) is 0. The molecule has 70 valence electrons. The molecule has 4 heteroatoms. The minimum absolute atomic E-state index is 0.589. The van der Waals surface area contributed by atoms with Gasteiger partial charge in [0.1, 0.15) is 0 Å². The van der Waals surface area contributed by atoms with E-state index >= 15 is 0 Å². The van der Waals surface area contributed by atoms with E-state index in [4.69, 9.17) is 8.85 Å². The lowest BCUT2D eigenvalue weighted by Gasteiger charge is -1.96. The van der Waals surface area contributed by atoms with E-state index in [2.05, 4.69) is 6.92 Å². The van der Waals surface area contributed by atoms with Crippen molar-refractivity contribution in [3.05, 3.63) is 0 Å². The van der Waals surface area contributed by atoms with Crippen molar-refractivity contribution in [1.29, 1.82) is 0 Å². The average molecular weight is 194 g/mol. The molecule has 0 bridgehead atoms. The largest absolute Gasteiger partial charge is 0.399 e. The maximum absolute atomic E-state index is 4.99. The van der Waals surface area contributed by atoms with E-state index in [1.165, 1.54) is 22.7 Å². The minimum atomic E-state index is -0.589. The summed E-state index contributed by atoms with van der Waals surface area (Å²) in [6, 6.07) is 1.46. The van der Waals surface area contributed by atoms with E-state index in [1.54, 1.807) is 0 Å². The molecule has 0 N–H and O–H groups in total. The normalized spacial score (nSPS) is 9.00. The molecule has 0 saturated heterocycles. The summed E-state index contributed by atoms with van der Waals surface area (Å²) in [4.78, 5) is 0. The molecule has 0 rings (SSSR count). The highest BCUT2D eigenvalue weighted by Gasteiger charge is 1.79. The van der Waals surface area contributed by atoms with Gasteiger partial charge in [-0.25, -0.2) is 0 Å². The molecule has 0 fully saturated rings. The van der Waals surface area contributed by atoms with Crippen molar-refractivity contribution in [3.63, 3.8) is 0 Å². The van der Waals surface area contributed by atoms with Gasteiger partial charge < -0.3 is 8.85 Å². The molecule has 0 spiro atoms. The zero-order valence-corrected chi connectivity index (χ0v) is 11.8. The molecule has 0 aliphatic rings. The Hall–Kier alpha value is 0.354. The molecule has 0 aromatic heterocycles. The fourth-order valence-corrected chi connectivity index (χ4v) is 0.677. The van der Waals surface area contributed by atoms with Crippen LogP contribution in [-0.2, 0) is 8.85 Å². The lowest BCUT2D eigenvalue weighted by Crippen LogP contribution is -2.02. The smallest absolute Gasteiger partial charge is 0.304 e. The van der Waals surface area contributed by atoms with Gasteiger partial charge in [0.25, 0.3) is 0 Å². The van der Waals surface area contributed by atoms with Crippen molar-refractivity contribution < 1.29 is 8.85 Å². The Labute approximate surface area is 76.2 Å². The van der Waals surface area contributed by atoms with Gasteiger partial charge in [0.15, 0.2) is 0 Å². The molecule has 0 unspecified atom stereocenters. The Kier molecular flexibility index (Phi) is 21.2. The van der Waals surface area contributed by atoms with Crippen LogP contribution in [0.1, 0.15) is 27.2 Å². The van der Waals surface area contributed by atoms with E-state index in [0.29, 0.717) is 0 Å². The molecule has 0 radical (unpaired) electrons. The van der Waals surface area contributed by atoms with Crippen LogP contribution in [0.4, 0.5) is 0 Å². The molecule has 2 nitrogen and oxygen atoms in total. The summed E-state index contributed by atoms with van der Waals surface area (Å²) < 4.78 is 9.98. The Bertz CT molecular complexity index is 47.7. The van der Waals surface area contributed by atoms with E-state index in [0.717, 1.165) is 13.2 Å². The second-order valence-corrected chi connectivity index (χ2v) is 4.16. The van der Waals surface area contributed by atoms with Gasteiger partial charge in [0.2, 0.25) is 0 Å². The summed E-state index contributed by atoms with van der Waals surface area (Å²) in [5.74, 6) is 0. The van der Waals surface area contributed by atoms with Crippen molar-refractivity contribution >= 4 is 20.2 Å². The molecule has 11 heavy (non-hydrogen) atoms. The van der Waals surface area contributed by atoms with Crippen molar-refractivity contribution in [2.24, 2.45) is 0 Å². The lowest BCUT2D eigenvalue weighted by molar-refractivity contribution is 0.240. The summed E-state index contributed by atoms with van der Waals surface area (Å²) >= 11 is 0. The molecule has 0 aromatic rings. The maximum Gasteiger partial charge on any atom is 0.304 e. The summed E-state index contributed by atoms with van der Waals surface area (Å²) in [5.41, 5.74) is 0. The van der Waals surface area contributed by atoms with Gasteiger partial charge in [-0.15, -0.1) is 0 Å². The van der Waals surface area contributed by atoms with Gasteiger partial charge in [-0.1, -0.05) is 19.4 Å². The summed E-state index contributed by atoms with van der Waals surface area (Å²) in [6.07, 6.45) is 1.38. The first kappa shape index (κ1) is 13.9. The van der Waals surface area contributed by atoms with Crippen LogP contribution in [0.25, 0.3) is 0 Å². The molecule has 0 atom stereocenters. The highest BCUT2D eigenvalue weighted by molar-refractivity contribution is 6.17. The van der Waals surface area contributed by atoms with Crippen molar-refractivity contribution in [1.82, 2.24) is 0 Å². The van der Waals surface area contributed by atoms with Gasteiger partial charge in [-0.3, -0.25) is 0 Å². The SMILES string of the molecule is CCC[SiH3].CCO[SiH2]OCC. The zero-order valence-electron chi connectivity index (χ0n) is 8.35. The first-order valence-corrected chi connectivity index (χ1v) is 7.05. The van der Waals surface area contributed by atoms with Gasteiger partial charge in [0.05, 0.1) is 0 Å². The molecular formula is C7H22O2Si2. The summed E-state index contributed by atoms with van der Waals surface area (Å²) in [6.45, 7) is 7.77. The van der Waals surface area contributed by atoms with E-state index in [1.807, 2.05) is 13.8 Å². The highest BCUT2D eigenvalue weighted by Crippen LogP contribution is 1.73. The van der Waals surface area contributed by atoms with Crippen molar-refractivity contribution in [3.8, 4) is 0 Å². The second-order valence-electron chi connectivity index (χ2n) is 2.10. The fourth-order valence-electron chi connectivity index (χ4n) is 0.226. The van der Waals surface area contributed by atoms with Crippen molar-refractivity contribution in [2.75, 3.05) is 13.2 Å². The predicted molar refractivity (Wildman–Crippen MR) is 56.8 cm³/mol. The zero-order chi connectivity index (χ0) is 8.95. The quantitative estimate of drug-likeness (QED) is 0.461. The summed E-state index contributed by atoms with van der Waals surface area (Å²) in [7, 11) is 0.801. The van der Waals surface area contributed by atoms with Crippen LogP contribution >= 0.6 is 0 Å².